The SMILES string of the molecule is CCCN(CC)c1nnc(CCl)o1. The standard InChI is InChI=1S/C8H14ClN3O/c1-3-5-12(4-2)8-11-10-7(6-9)13-8/h3-6H2,1-2H3. The molecule has 74 valence electrons. The molecule has 0 spiro atoms. The van der Waals surface area contributed by atoms with Gasteiger partial charge in [0.25, 0.3) is 0 Å². The average molecular weight is 204 g/mol. The van der Waals surface area contributed by atoms with Crippen LogP contribution >= 0.6 is 11.6 Å². The van der Waals surface area contributed by atoms with Crippen molar-refractivity contribution in [3.05, 3.63) is 5.89 Å². The second-order valence-corrected chi connectivity index (χ2v) is 2.96. The van der Waals surface area contributed by atoms with Crippen molar-refractivity contribution >= 4 is 17.6 Å². The van der Waals surface area contributed by atoms with Gasteiger partial charge in [0.2, 0.25) is 5.89 Å². The Morgan fingerprint density at radius 3 is 2.62 bits per heavy atom. The average Bonchev–Trinajstić information content (AvgIpc) is 2.62. The number of anilines is 1. The summed E-state index contributed by atoms with van der Waals surface area (Å²) in [6, 6.07) is 0.569. The number of halogens is 1. The van der Waals surface area contributed by atoms with Crippen LogP contribution in [0.25, 0.3) is 0 Å². The van der Waals surface area contributed by atoms with E-state index < -0.39 is 0 Å². The molecule has 0 bridgehead atoms. The van der Waals surface area contributed by atoms with Crippen LogP contribution in [0.2, 0.25) is 0 Å². The Kier molecular flexibility index (Phi) is 4.02. The summed E-state index contributed by atoms with van der Waals surface area (Å²) in [5.41, 5.74) is 0. The van der Waals surface area contributed by atoms with Crippen LogP contribution in [0.5, 0.6) is 0 Å². The summed E-state index contributed by atoms with van der Waals surface area (Å²) < 4.78 is 5.31. The molecular weight excluding hydrogens is 190 g/mol. The molecule has 0 saturated carbocycles. The fourth-order valence-electron chi connectivity index (χ4n) is 1.09. The maximum atomic E-state index is 5.55. The van der Waals surface area contributed by atoms with Gasteiger partial charge in [0.1, 0.15) is 5.88 Å². The van der Waals surface area contributed by atoms with Crippen molar-refractivity contribution in [3.8, 4) is 0 Å². The Morgan fingerprint density at radius 1 is 1.38 bits per heavy atom. The van der Waals surface area contributed by atoms with Crippen molar-refractivity contribution < 1.29 is 4.42 Å². The predicted octanol–water partition coefficient (Wildman–Crippen LogP) is 2.04. The van der Waals surface area contributed by atoms with Gasteiger partial charge in [-0.15, -0.1) is 16.7 Å². The van der Waals surface area contributed by atoms with Crippen LogP contribution in [0.15, 0.2) is 4.42 Å². The maximum absolute atomic E-state index is 5.55. The van der Waals surface area contributed by atoms with Crippen molar-refractivity contribution in [3.63, 3.8) is 0 Å². The highest BCUT2D eigenvalue weighted by atomic mass is 35.5. The maximum Gasteiger partial charge on any atom is 0.318 e. The Morgan fingerprint density at radius 2 is 2.15 bits per heavy atom. The molecule has 0 aromatic carbocycles. The molecule has 0 aliphatic rings. The van der Waals surface area contributed by atoms with E-state index in [1.807, 2.05) is 4.90 Å². The van der Waals surface area contributed by atoms with E-state index in [1.54, 1.807) is 0 Å². The third-order valence-electron chi connectivity index (χ3n) is 1.72. The molecule has 0 amide bonds. The normalized spacial score (nSPS) is 10.4. The van der Waals surface area contributed by atoms with E-state index in [-0.39, 0.29) is 5.88 Å². The van der Waals surface area contributed by atoms with Crippen molar-refractivity contribution in [2.75, 3.05) is 18.0 Å². The van der Waals surface area contributed by atoms with Crippen LogP contribution in [-0.2, 0) is 5.88 Å². The molecule has 0 radical (unpaired) electrons. The molecule has 0 aliphatic carbocycles. The second-order valence-electron chi connectivity index (χ2n) is 2.69. The minimum Gasteiger partial charge on any atom is -0.407 e. The van der Waals surface area contributed by atoms with Gasteiger partial charge in [-0.2, -0.15) is 0 Å². The van der Waals surface area contributed by atoms with E-state index in [4.69, 9.17) is 16.0 Å². The van der Waals surface area contributed by atoms with E-state index in [2.05, 4.69) is 24.0 Å². The van der Waals surface area contributed by atoms with Gasteiger partial charge < -0.3 is 9.32 Å². The van der Waals surface area contributed by atoms with Crippen LogP contribution in [0.3, 0.4) is 0 Å². The lowest BCUT2D eigenvalue weighted by molar-refractivity contribution is 0.500. The molecule has 0 fully saturated rings. The van der Waals surface area contributed by atoms with E-state index in [0.29, 0.717) is 11.9 Å². The molecule has 13 heavy (non-hydrogen) atoms. The highest BCUT2D eigenvalue weighted by Crippen LogP contribution is 2.13. The highest BCUT2D eigenvalue weighted by Gasteiger charge is 2.10. The van der Waals surface area contributed by atoms with E-state index in [1.165, 1.54) is 0 Å². The summed E-state index contributed by atoms with van der Waals surface area (Å²) in [6.45, 7) is 5.97. The number of nitrogens with zero attached hydrogens (tertiary/aromatic N) is 3. The van der Waals surface area contributed by atoms with Crippen LogP contribution in [0.1, 0.15) is 26.2 Å². The lowest BCUT2D eigenvalue weighted by Crippen LogP contribution is -2.23. The van der Waals surface area contributed by atoms with Gasteiger partial charge in [0, 0.05) is 13.1 Å². The summed E-state index contributed by atoms with van der Waals surface area (Å²) >= 11 is 5.55. The predicted molar refractivity (Wildman–Crippen MR) is 52.0 cm³/mol. The van der Waals surface area contributed by atoms with Crippen molar-refractivity contribution in [2.45, 2.75) is 26.1 Å². The van der Waals surface area contributed by atoms with Crippen LogP contribution in [0.4, 0.5) is 6.01 Å². The molecule has 1 aromatic rings. The Balaban J connectivity index is 2.67. The minimum atomic E-state index is 0.274. The summed E-state index contributed by atoms with van der Waals surface area (Å²) in [6.07, 6.45) is 1.06. The summed E-state index contributed by atoms with van der Waals surface area (Å²) in [7, 11) is 0. The largest absolute Gasteiger partial charge is 0.407 e. The molecule has 1 rings (SSSR count). The molecule has 0 saturated heterocycles. The van der Waals surface area contributed by atoms with Crippen LogP contribution in [0, 0.1) is 0 Å². The van der Waals surface area contributed by atoms with Gasteiger partial charge in [0.15, 0.2) is 0 Å². The zero-order valence-corrected chi connectivity index (χ0v) is 8.71. The first kappa shape index (κ1) is 10.3. The molecule has 0 N–H and O–H groups in total. The smallest absolute Gasteiger partial charge is 0.318 e. The fourth-order valence-corrected chi connectivity index (χ4v) is 1.19. The quantitative estimate of drug-likeness (QED) is 0.687. The van der Waals surface area contributed by atoms with E-state index >= 15 is 0 Å². The summed E-state index contributed by atoms with van der Waals surface area (Å²) in [5, 5.41) is 7.70. The lowest BCUT2D eigenvalue weighted by Gasteiger charge is -2.15. The third kappa shape index (κ3) is 2.59. The fraction of sp³-hybridized carbons (Fsp3) is 0.750. The van der Waals surface area contributed by atoms with Gasteiger partial charge in [-0.1, -0.05) is 12.0 Å². The Hall–Kier alpha value is -0.770. The minimum absolute atomic E-state index is 0.274. The molecule has 5 heteroatoms. The topological polar surface area (TPSA) is 42.2 Å². The molecule has 4 nitrogen and oxygen atoms in total. The highest BCUT2D eigenvalue weighted by molar-refractivity contribution is 6.16. The summed E-state index contributed by atoms with van der Waals surface area (Å²) in [4.78, 5) is 2.03. The first-order valence-electron chi connectivity index (χ1n) is 4.45. The number of rotatable bonds is 5. The second kappa shape index (κ2) is 5.07. The number of aromatic nitrogens is 2. The van der Waals surface area contributed by atoms with Gasteiger partial charge in [-0.05, 0) is 13.3 Å². The Labute approximate surface area is 82.9 Å². The lowest BCUT2D eigenvalue weighted by atomic mass is 10.4. The molecule has 0 atom stereocenters. The zero-order valence-electron chi connectivity index (χ0n) is 7.96. The first-order chi connectivity index (χ1) is 6.31. The van der Waals surface area contributed by atoms with Gasteiger partial charge in [0.05, 0.1) is 0 Å². The van der Waals surface area contributed by atoms with Gasteiger partial charge >= 0.3 is 6.01 Å². The van der Waals surface area contributed by atoms with Crippen molar-refractivity contribution in [1.82, 2.24) is 10.2 Å². The monoisotopic (exact) mass is 203 g/mol. The molecular formula is C8H14ClN3O. The summed E-state index contributed by atoms with van der Waals surface area (Å²) in [5.74, 6) is 0.752. The number of alkyl halides is 1. The van der Waals surface area contributed by atoms with Crippen LogP contribution < -0.4 is 4.90 Å². The molecule has 0 aliphatic heterocycles. The van der Waals surface area contributed by atoms with Gasteiger partial charge in [-0.3, -0.25) is 0 Å². The first-order valence-corrected chi connectivity index (χ1v) is 4.98. The molecule has 0 unspecified atom stereocenters. The number of hydrogen-bond donors (Lipinski definition) is 0. The zero-order chi connectivity index (χ0) is 9.68. The van der Waals surface area contributed by atoms with Gasteiger partial charge in [-0.25, -0.2) is 0 Å². The van der Waals surface area contributed by atoms with Crippen LogP contribution in [-0.4, -0.2) is 23.3 Å². The molecule has 1 heterocycles. The number of hydrogen-bond acceptors (Lipinski definition) is 4. The Bertz CT molecular complexity index is 251. The third-order valence-corrected chi connectivity index (χ3v) is 1.94. The van der Waals surface area contributed by atoms with E-state index in [9.17, 15) is 0 Å². The molecule has 1 aromatic heterocycles. The van der Waals surface area contributed by atoms with Crippen molar-refractivity contribution in [1.29, 1.82) is 0 Å². The van der Waals surface area contributed by atoms with Crippen molar-refractivity contribution in [2.24, 2.45) is 0 Å². The van der Waals surface area contributed by atoms with E-state index in [0.717, 1.165) is 19.5 Å².